The van der Waals surface area contributed by atoms with Gasteiger partial charge >= 0.3 is 0 Å². The van der Waals surface area contributed by atoms with E-state index in [2.05, 4.69) is 37.1 Å². The molecule has 0 saturated heterocycles. The Kier molecular flexibility index (Phi) is 3.09. The van der Waals surface area contributed by atoms with Crippen molar-refractivity contribution in [3.8, 4) is 0 Å². The fraction of sp³-hybridized carbons (Fsp3) is 0.111. The van der Waals surface area contributed by atoms with Gasteiger partial charge in [0.05, 0.1) is 5.52 Å². The predicted molar refractivity (Wildman–Crippen MR) is 71.3 cm³/mol. The lowest BCUT2D eigenvalue weighted by Gasteiger charge is -2.03. The highest BCUT2D eigenvalue weighted by Gasteiger charge is 2.11. The van der Waals surface area contributed by atoms with Gasteiger partial charge in [0.25, 0.3) is 0 Å². The minimum absolute atomic E-state index is 0.171. The molecule has 0 unspecified atom stereocenters. The van der Waals surface area contributed by atoms with Crippen molar-refractivity contribution in [1.29, 1.82) is 0 Å². The molecule has 1 aromatic carbocycles. The van der Waals surface area contributed by atoms with E-state index in [1.54, 1.807) is 6.07 Å². The summed E-state index contributed by atoms with van der Waals surface area (Å²) >= 11 is 5.60. The van der Waals surface area contributed by atoms with Crippen LogP contribution in [0, 0.1) is 12.7 Å². The lowest BCUT2D eigenvalue weighted by Crippen LogP contribution is -1.87. The van der Waals surface area contributed by atoms with E-state index in [1.807, 2.05) is 23.2 Å². The first-order valence-corrected chi connectivity index (χ1v) is 8.01. The van der Waals surface area contributed by atoms with Crippen molar-refractivity contribution < 1.29 is 4.39 Å². The zero-order valence-electron chi connectivity index (χ0n) is 7.22. The van der Waals surface area contributed by atoms with Crippen LogP contribution in [0.2, 0.25) is 0 Å². The molecular weight excluding hydrogens is 380 g/mol. The maximum Gasteiger partial charge on any atom is 0.148 e. The van der Waals surface area contributed by atoms with Crippen LogP contribution in [0.3, 0.4) is 0 Å². The molecule has 0 amide bonds. The van der Waals surface area contributed by atoms with E-state index >= 15 is 0 Å². The second kappa shape index (κ2) is 4.02. The van der Waals surface area contributed by atoms with E-state index in [-0.39, 0.29) is 5.82 Å². The summed E-state index contributed by atoms with van der Waals surface area (Å²) in [6.07, 6.45) is 1.87. The third-order valence-electron chi connectivity index (χ3n) is 2.08. The molecule has 0 radical (unpaired) electrons. The smallest absolute Gasteiger partial charge is 0.148 e. The van der Waals surface area contributed by atoms with Gasteiger partial charge < -0.3 is 0 Å². The maximum absolute atomic E-state index is 13.6. The largest absolute Gasteiger partial charge is 0.279 e. The van der Waals surface area contributed by atoms with Crippen LogP contribution >= 0.6 is 46.3 Å². The zero-order chi connectivity index (χ0) is 10.3. The van der Waals surface area contributed by atoms with Gasteiger partial charge in [0.15, 0.2) is 0 Å². The number of aromatic nitrogens is 1. The van der Waals surface area contributed by atoms with Crippen molar-refractivity contribution in [2.24, 2.45) is 0 Å². The summed E-state index contributed by atoms with van der Waals surface area (Å²) in [5, 5.41) is 0.923. The van der Waals surface area contributed by atoms with Crippen LogP contribution in [0.4, 0.5) is 4.39 Å². The number of aryl methyl sites for hydroxylation is 1. The summed E-state index contributed by atoms with van der Waals surface area (Å²) in [4.78, 5) is 0. The van der Waals surface area contributed by atoms with Crippen LogP contribution in [0.15, 0.2) is 22.8 Å². The Hall–Kier alpha value is 0.250. The number of hydrogen-bond acceptors (Lipinski definition) is 1. The molecule has 0 spiro atoms. The second-order valence-electron chi connectivity index (χ2n) is 2.96. The molecule has 5 heteroatoms. The molecule has 0 aliphatic rings. The molecule has 1 heterocycles. The molecule has 0 fully saturated rings. The van der Waals surface area contributed by atoms with Crippen LogP contribution in [-0.4, -0.2) is 3.97 Å². The summed E-state index contributed by atoms with van der Waals surface area (Å²) in [5.74, 6) is -0.171. The summed E-state index contributed by atoms with van der Waals surface area (Å²) in [6.45, 7) is 1.89. The Balaban J connectivity index is 2.90. The first-order chi connectivity index (χ1) is 6.65. The van der Waals surface area contributed by atoms with E-state index in [0.29, 0.717) is 5.52 Å². The van der Waals surface area contributed by atoms with Crippen molar-refractivity contribution in [2.75, 3.05) is 0 Å². The monoisotopic (exact) mass is 385 g/mol. The van der Waals surface area contributed by atoms with Crippen molar-refractivity contribution >= 4 is 57.2 Å². The summed E-state index contributed by atoms with van der Waals surface area (Å²) in [5.41, 5.74) is 1.56. The molecule has 2 rings (SSSR count). The molecule has 2 aromatic rings. The van der Waals surface area contributed by atoms with Gasteiger partial charge in [-0.05, 0) is 40.5 Å². The number of benzene rings is 1. The minimum Gasteiger partial charge on any atom is -0.279 e. The van der Waals surface area contributed by atoms with Crippen LogP contribution in [-0.2, 0) is 0 Å². The molecule has 0 N–H and O–H groups in total. The first kappa shape index (κ1) is 10.8. The van der Waals surface area contributed by atoms with Crippen molar-refractivity contribution in [1.82, 2.24) is 3.97 Å². The number of halogens is 3. The SMILES string of the molecule is Cc1cc(F)c2c(ccn2SI)c1Br. The molecule has 0 aliphatic heterocycles. The third kappa shape index (κ3) is 1.59. The topological polar surface area (TPSA) is 4.93 Å². The fourth-order valence-electron chi connectivity index (χ4n) is 1.42. The molecule has 0 atom stereocenters. The van der Waals surface area contributed by atoms with Crippen LogP contribution in [0.25, 0.3) is 10.9 Å². The molecule has 14 heavy (non-hydrogen) atoms. The van der Waals surface area contributed by atoms with Gasteiger partial charge in [-0.15, -0.1) is 0 Å². The van der Waals surface area contributed by atoms with Gasteiger partial charge in [0.2, 0.25) is 0 Å². The predicted octanol–water partition coefficient (Wildman–Crippen LogP) is 4.70. The molecule has 0 aliphatic carbocycles. The normalized spacial score (nSPS) is 11.1. The lowest BCUT2D eigenvalue weighted by atomic mass is 10.2. The molecule has 1 nitrogen and oxygen atoms in total. The summed E-state index contributed by atoms with van der Waals surface area (Å²) in [6, 6.07) is 3.47. The van der Waals surface area contributed by atoms with Gasteiger partial charge in [-0.1, -0.05) is 0 Å². The van der Waals surface area contributed by atoms with Crippen LogP contribution in [0.1, 0.15) is 5.56 Å². The van der Waals surface area contributed by atoms with E-state index < -0.39 is 0 Å². The van der Waals surface area contributed by atoms with Gasteiger partial charge in [-0.2, -0.15) is 0 Å². The number of fused-ring (bicyclic) bond motifs is 1. The lowest BCUT2D eigenvalue weighted by molar-refractivity contribution is 0.635. The van der Waals surface area contributed by atoms with Crippen LogP contribution < -0.4 is 0 Å². The van der Waals surface area contributed by atoms with Gasteiger partial charge in [0.1, 0.15) is 5.82 Å². The van der Waals surface area contributed by atoms with E-state index in [0.717, 1.165) is 15.4 Å². The summed E-state index contributed by atoms with van der Waals surface area (Å²) in [7, 11) is 1.46. The maximum atomic E-state index is 13.6. The highest BCUT2D eigenvalue weighted by molar-refractivity contribution is 14.2. The number of nitrogens with zero attached hydrogens (tertiary/aromatic N) is 1. The third-order valence-corrected chi connectivity index (χ3v) is 4.86. The highest BCUT2D eigenvalue weighted by Crippen LogP contribution is 2.33. The average molecular weight is 386 g/mol. The molecule has 74 valence electrons. The fourth-order valence-corrected chi connectivity index (χ4v) is 3.20. The first-order valence-electron chi connectivity index (χ1n) is 3.90. The molecular formula is C9H6BrFINS. The number of rotatable bonds is 1. The molecule has 1 aromatic heterocycles. The second-order valence-corrected chi connectivity index (χ2v) is 5.47. The Bertz CT molecular complexity index is 497. The molecule has 0 saturated carbocycles. The number of hydrogen-bond donors (Lipinski definition) is 0. The average Bonchev–Trinajstić information content (AvgIpc) is 2.58. The van der Waals surface area contributed by atoms with E-state index in [1.165, 1.54) is 9.12 Å². The van der Waals surface area contributed by atoms with Gasteiger partial charge in [0, 0.05) is 46.4 Å². The van der Waals surface area contributed by atoms with Gasteiger partial charge in [-0.25, -0.2) is 4.39 Å². The minimum atomic E-state index is -0.171. The zero-order valence-corrected chi connectivity index (χ0v) is 11.8. The van der Waals surface area contributed by atoms with E-state index in [4.69, 9.17) is 0 Å². The van der Waals surface area contributed by atoms with Crippen LogP contribution in [0.5, 0.6) is 0 Å². The Morgan fingerprint density at radius 1 is 1.57 bits per heavy atom. The van der Waals surface area contributed by atoms with E-state index in [9.17, 15) is 4.39 Å². The van der Waals surface area contributed by atoms with Crippen molar-refractivity contribution in [2.45, 2.75) is 6.92 Å². The standard InChI is InChI=1S/C9H6BrFINS/c1-5-4-7(11)9-6(8(5)10)2-3-13(9)14-12/h2-4H,1H3. The summed E-state index contributed by atoms with van der Waals surface area (Å²) < 4.78 is 16.4. The van der Waals surface area contributed by atoms with Crippen molar-refractivity contribution in [3.05, 3.63) is 34.2 Å². The Morgan fingerprint density at radius 3 is 2.93 bits per heavy atom. The Morgan fingerprint density at radius 2 is 2.29 bits per heavy atom. The van der Waals surface area contributed by atoms with Gasteiger partial charge in [-0.3, -0.25) is 3.97 Å². The van der Waals surface area contributed by atoms with Crippen molar-refractivity contribution in [3.63, 3.8) is 0 Å². The highest BCUT2D eigenvalue weighted by atomic mass is 127. The molecule has 0 bridgehead atoms. The Labute approximate surface area is 106 Å². The quantitative estimate of drug-likeness (QED) is 0.644.